The van der Waals surface area contributed by atoms with Gasteiger partial charge in [-0.2, -0.15) is 0 Å². The molecule has 33 heavy (non-hydrogen) atoms. The summed E-state index contributed by atoms with van der Waals surface area (Å²) in [6, 6.07) is 15.8. The van der Waals surface area contributed by atoms with Gasteiger partial charge in [0, 0.05) is 16.8 Å². The number of rotatable bonds is 9. The van der Waals surface area contributed by atoms with Gasteiger partial charge in [-0.05, 0) is 67.1 Å². The van der Waals surface area contributed by atoms with Crippen molar-refractivity contribution in [1.29, 1.82) is 0 Å². The third-order valence-corrected chi connectivity index (χ3v) is 6.06. The molecule has 8 nitrogen and oxygen atoms in total. The molecule has 1 unspecified atom stereocenters. The number of carbonyl (C=O) groups is 2. The van der Waals surface area contributed by atoms with E-state index >= 15 is 0 Å². The Hall–Kier alpha value is -3.40. The number of hydrogen-bond donors (Lipinski definition) is 2. The average Bonchev–Trinajstić information content (AvgIpc) is 3.32. The van der Waals surface area contributed by atoms with Crippen LogP contribution in [0.5, 0.6) is 0 Å². The molecule has 0 saturated heterocycles. The highest BCUT2D eigenvalue weighted by Crippen LogP contribution is 2.15. The van der Waals surface area contributed by atoms with Crippen molar-refractivity contribution >= 4 is 45.3 Å². The standard InChI is InChI=1S/C23H21ClN2O6S/c1-16(23(28)26-19-9-7-18(24)8-10-19)32-22(27)13-6-17-4-11-21(12-5-17)33(29,30)25-15-20-3-2-14-31-20/h2-14,16,25H,15H2,1H3,(H,26,28)/b13-6+. The number of ether oxygens (including phenoxy) is 1. The fourth-order valence-corrected chi connectivity index (χ4v) is 3.75. The van der Waals surface area contributed by atoms with Crippen molar-refractivity contribution in [1.82, 2.24) is 4.72 Å². The number of anilines is 1. The first-order valence-electron chi connectivity index (χ1n) is 9.80. The van der Waals surface area contributed by atoms with Crippen molar-refractivity contribution in [2.24, 2.45) is 0 Å². The predicted molar refractivity (Wildman–Crippen MR) is 124 cm³/mol. The minimum Gasteiger partial charge on any atom is -0.468 e. The molecule has 10 heteroatoms. The van der Waals surface area contributed by atoms with Crippen molar-refractivity contribution in [2.75, 3.05) is 5.32 Å². The quantitative estimate of drug-likeness (QED) is 0.347. The van der Waals surface area contributed by atoms with E-state index in [1.807, 2.05) is 0 Å². The fourth-order valence-electron chi connectivity index (χ4n) is 2.63. The third-order valence-electron chi connectivity index (χ3n) is 4.39. The van der Waals surface area contributed by atoms with Gasteiger partial charge >= 0.3 is 5.97 Å². The molecule has 0 saturated carbocycles. The van der Waals surface area contributed by atoms with Crippen molar-refractivity contribution in [2.45, 2.75) is 24.5 Å². The van der Waals surface area contributed by atoms with Crippen LogP contribution in [0.3, 0.4) is 0 Å². The van der Waals surface area contributed by atoms with E-state index in [0.717, 1.165) is 6.08 Å². The summed E-state index contributed by atoms with van der Waals surface area (Å²) >= 11 is 5.80. The van der Waals surface area contributed by atoms with Crippen molar-refractivity contribution in [3.05, 3.63) is 89.3 Å². The molecule has 0 bridgehead atoms. The zero-order valence-electron chi connectivity index (χ0n) is 17.5. The molecule has 0 aliphatic carbocycles. The van der Waals surface area contributed by atoms with E-state index in [4.69, 9.17) is 20.8 Å². The van der Waals surface area contributed by atoms with Gasteiger partial charge < -0.3 is 14.5 Å². The minimum atomic E-state index is -3.72. The van der Waals surface area contributed by atoms with Gasteiger partial charge in [0.1, 0.15) is 5.76 Å². The van der Waals surface area contributed by atoms with Gasteiger partial charge in [0.25, 0.3) is 5.91 Å². The third kappa shape index (κ3) is 7.31. The lowest BCUT2D eigenvalue weighted by atomic mass is 10.2. The van der Waals surface area contributed by atoms with Gasteiger partial charge in [0.15, 0.2) is 6.10 Å². The number of carbonyl (C=O) groups excluding carboxylic acids is 2. The molecule has 1 aromatic heterocycles. The lowest BCUT2D eigenvalue weighted by molar-refractivity contribution is -0.148. The second kappa shape index (κ2) is 11.0. The van der Waals surface area contributed by atoms with Crippen LogP contribution in [0.4, 0.5) is 5.69 Å². The van der Waals surface area contributed by atoms with Crippen LogP contribution >= 0.6 is 11.6 Å². The summed E-state index contributed by atoms with van der Waals surface area (Å²) in [6.45, 7) is 1.49. The Morgan fingerprint density at radius 3 is 2.42 bits per heavy atom. The molecule has 0 radical (unpaired) electrons. The molecule has 1 atom stereocenters. The van der Waals surface area contributed by atoms with Crippen LogP contribution in [0.1, 0.15) is 18.2 Å². The van der Waals surface area contributed by atoms with E-state index < -0.39 is 28.0 Å². The van der Waals surface area contributed by atoms with Crippen LogP contribution in [0.15, 0.2) is 82.3 Å². The molecule has 0 aliphatic rings. The topological polar surface area (TPSA) is 115 Å². The Balaban J connectivity index is 1.51. The van der Waals surface area contributed by atoms with Gasteiger partial charge in [-0.1, -0.05) is 23.7 Å². The highest BCUT2D eigenvalue weighted by molar-refractivity contribution is 7.89. The molecule has 3 rings (SSSR count). The highest BCUT2D eigenvalue weighted by Gasteiger charge is 2.17. The lowest BCUT2D eigenvalue weighted by Gasteiger charge is -2.12. The van der Waals surface area contributed by atoms with Gasteiger partial charge in [0.2, 0.25) is 10.0 Å². The Kier molecular flexibility index (Phi) is 8.05. The molecule has 0 aliphatic heterocycles. The predicted octanol–water partition coefficient (Wildman–Crippen LogP) is 4.00. The first kappa shape index (κ1) is 24.2. The molecule has 1 heterocycles. The molecular formula is C23H21ClN2O6S. The maximum atomic E-state index is 12.3. The van der Waals surface area contributed by atoms with Crippen molar-refractivity contribution < 1.29 is 27.2 Å². The molecule has 2 aromatic carbocycles. The normalized spacial score (nSPS) is 12.4. The van der Waals surface area contributed by atoms with E-state index in [9.17, 15) is 18.0 Å². The maximum Gasteiger partial charge on any atom is 0.331 e. The van der Waals surface area contributed by atoms with Crippen molar-refractivity contribution in [3.8, 4) is 0 Å². The number of benzene rings is 2. The number of hydrogen-bond acceptors (Lipinski definition) is 6. The summed E-state index contributed by atoms with van der Waals surface area (Å²) < 4.78 is 37.3. The van der Waals surface area contributed by atoms with Crippen LogP contribution in [-0.4, -0.2) is 26.4 Å². The molecule has 0 spiro atoms. The summed E-state index contributed by atoms with van der Waals surface area (Å²) in [5, 5.41) is 3.16. The second-order valence-electron chi connectivity index (χ2n) is 6.88. The largest absolute Gasteiger partial charge is 0.468 e. The first-order valence-corrected chi connectivity index (χ1v) is 11.7. The summed E-state index contributed by atoms with van der Waals surface area (Å²) in [5.74, 6) is -0.714. The van der Waals surface area contributed by atoms with Crippen LogP contribution in [-0.2, 0) is 30.9 Å². The van der Waals surface area contributed by atoms with Gasteiger partial charge in [0.05, 0.1) is 17.7 Å². The summed E-state index contributed by atoms with van der Waals surface area (Å²) in [5.41, 5.74) is 1.10. The van der Waals surface area contributed by atoms with Gasteiger partial charge in [-0.15, -0.1) is 0 Å². The smallest absolute Gasteiger partial charge is 0.331 e. The van der Waals surface area contributed by atoms with Crippen molar-refractivity contribution in [3.63, 3.8) is 0 Å². The zero-order valence-corrected chi connectivity index (χ0v) is 19.1. The molecular weight excluding hydrogens is 468 g/mol. The average molecular weight is 489 g/mol. The monoisotopic (exact) mass is 488 g/mol. The molecule has 172 valence electrons. The van der Waals surface area contributed by atoms with Gasteiger partial charge in [-0.25, -0.2) is 17.9 Å². The van der Waals surface area contributed by atoms with E-state index in [-0.39, 0.29) is 11.4 Å². The summed E-state index contributed by atoms with van der Waals surface area (Å²) in [6.07, 6.45) is 3.05. The lowest BCUT2D eigenvalue weighted by Crippen LogP contribution is -2.29. The number of halogens is 1. The Bertz CT molecular complexity index is 1220. The van der Waals surface area contributed by atoms with Crippen LogP contribution in [0, 0.1) is 0 Å². The van der Waals surface area contributed by atoms with Gasteiger partial charge in [-0.3, -0.25) is 4.79 Å². The van der Waals surface area contributed by atoms with Crippen LogP contribution in [0.25, 0.3) is 6.08 Å². The molecule has 2 N–H and O–H groups in total. The molecule has 3 aromatic rings. The second-order valence-corrected chi connectivity index (χ2v) is 9.08. The van der Waals surface area contributed by atoms with E-state index in [0.29, 0.717) is 22.0 Å². The van der Waals surface area contributed by atoms with E-state index in [1.54, 1.807) is 48.5 Å². The zero-order chi connectivity index (χ0) is 23.8. The fraction of sp³-hybridized carbons (Fsp3) is 0.130. The number of esters is 1. The Labute approximate surface area is 196 Å². The van der Waals surface area contributed by atoms with Crippen LogP contribution in [0.2, 0.25) is 5.02 Å². The summed E-state index contributed by atoms with van der Waals surface area (Å²) in [7, 11) is -3.72. The highest BCUT2D eigenvalue weighted by atomic mass is 35.5. The number of furan rings is 1. The molecule has 1 amide bonds. The Morgan fingerprint density at radius 1 is 1.09 bits per heavy atom. The first-order chi connectivity index (χ1) is 15.7. The number of amides is 1. The minimum absolute atomic E-state index is 0.0343. The summed E-state index contributed by atoms with van der Waals surface area (Å²) in [4.78, 5) is 24.3. The maximum absolute atomic E-state index is 12.3. The number of sulfonamides is 1. The Morgan fingerprint density at radius 2 is 1.79 bits per heavy atom. The number of nitrogens with one attached hydrogen (secondary N) is 2. The van der Waals surface area contributed by atoms with Crippen LogP contribution < -0.4 is 10.0 Å². The van der Waals surface area contributed by atoms with E-state index in [1.165, 1.54) is 31.4 Å². The molecule has 0 fully saturated rings. The SMILES string of the molecule is CC(OC(=O)/C=C/c1ccc(S(=O)(=O)NCc2ccco2)cc1)C(=O)Nc1ccc(Cl)cc1. The van der Waals surface area contributed by atoms with E-state index in [2.05, 4.69) is 10.0 Å².